The lowest BCUT2D eigenvalue weighted by Gasteiger charge is -2.34. The first-order chi connectivity index (χ1) is 16.8. The van der Waals surface area contributed by atoms with Gasteiger partial charge < -0.3 is 31.3 Å². The number of carbonyl (C=O) groups is 5. The molecular formula is C25H43N5O6. The molecule has 2 aliphatic rings. The third kappa shape index (κ3) is 6.74. The van der Waals surface area contributed by atoms with Gasteiger partial charge in [0.25, 0.3) is 0 Å². The van der Waals surface area contributed by atoms with Gasteiger partial charge >= 0.3 is 5.97 Å². The Labute approximate surface area is 213 Å². The second kappa shape index (κ2) is 12.5. The van der Waals surface area contributed by atoms with Crippen LogP contribution >= 0.6 is 0 Å². The normalized spacial score (nSPS) is 22.6. The van der Waals surface area contributed by atoms with E-state index in [1.807, 2.05) is 13.8 Å². The number of hydrogen-bond donors (Lipinski definition) is 4. The standard InChI is InChI=1S/C25H43N5O6/c1-13(2)18(26)21(31)27-19(14(3)4)22(32)28-20(15(5)6)24(34)29-11-7-9-16(29)23(33)30-12-8-10-17(30)25(35)36/h13-20H,7-12,26H2,1-6H3,(H,27,31)(H,28,32)(H,35,36). The van der Waals surface area contributed by atoms with Crippen molar-refractivity contribution in [2.75, 3.05) is 13.1 Å². The maximum atomic E-state index is 13.6. The van der Waals surface area contributed by atoms with E-state index >= 15 is 0 Å². The van der Waals surface area contributed by atoms with Crippen molar-refractivity contribution >= 4 is 29.6 Å². The van der Waals surface area contributed by atoms with Crippen molar-refractivity contribution in [2.45, 2.75) is 97.4 Å². The molecule has 11 heteroatoms. The fourth-order valence-electron chi connectivity index (χ4n) is 4.79. The molecule has 5 N–H and O–H groups in total. The lowest BCUT2D eigenvalue weighted by Crippen LogP contribution is -2.60. The van der Waals surface area contributed by atoms with E-state index in [1.165, 1.54) is 9.80 Å². The lowest BCUT2D eigenvalue weighted by atomic mass is 9.98. The van der Waals surface area contributed by atoms with Crippen LogP contribution in [0.3, 0.4) is 0 Å². The van der Waals surface area contributed by atoms with Gasteiger partial charge in [-0.15, -0.1) is 0 Å². The van der Waals surface area contributed by atoms with E-state index in [9.17, 15) is 29.1 Å². The van der Waals surface area contributed by atoms with Gasteiger partial charge in [0.1, 0.15) is 24.2 Å². The van der Waals surface area contributed by atoms with Crippen LogP contribution < -0.4 is 16.4 Å². The van der Waals surface area contributed by atoms with Gasteiger partial charge in [0, 0.05) is 13.1 Å². The van der Waals surface area contributed by atoms with E-state index in [0.717, 1.165) is 0 Å². The maximum absolute atomic E-state index is 13.6. The highest BCUT2D eigenvalue weighted by molar-refractivity contribution is 5.96. The topological polar surface area (TPSA) is 162 Å². The first-order valence-corrected chi connectivity index (χ1v) is 13.0. The molecule has 2 fully saturated rings. The third-order valence-corrected chi connectivity index (χ3v) is 7.14. The Bertz CT molecular complexity index is 845. The Balaban J connectivity index is 2.17. The van der Waals surface area contributed by atoms with Crippen LogP contribution in [0.5, 0.6) is 0 Å². The van der Waals surface area contributed by atoms with Crippen molar-refractivity contribution in [3.05, 3.63) is 0 Å². The molecule has 5 atom stereocenters. The molecule has 0 spiro atoms. The summed E-state index contributed by atoms with van der Waals surface area (Å²) in [6.45, 7) is 11.5. The Hall–Kier alpha value is -2.69. The van der Waals surface area contributed by atoms with Crippen LogP contribution in [-0.2, 0) is 24.0 Å². The van der Waals surface area contributed by atoms with E-state index in [-0.39, 0.29) is 29.6 Å². The first kappa shape index (κ1) is 29.5. The second-order valence-corrected chi connectivity index (χ2v) is 10.9. The highest BCUT2D eigenvalue weighted by atomic mass is 16.4. The monoisotopic (exact) mass is 509 g/mol. The van der Waals surface area contributed by atoms with Gasteiger partial charge in [-0.1, -0.05) is 41.5 Å². The zero-order valence-corrected chi connectivity index (χ0v) is 22.3. The Morgan fingerprint density at radius 3 is 1.75 bits per heavy atom. The smallest absolute Gasteiger partial charge is 0.326 e. The molecule has 0 saturated carbocycles. The van der Waals surface area contributed by atoms with Gasteiger partial charge in [-0.05, 0) is 43.4 Å². The minimum atomic E-state index is -1.04. The summed E-state index contributed by atoms with van der Waals surface area (Å²) < 4.78 is 0. The van der Waals surface area contributed by atoms with Crippen LogP contribution in [-0.4, -0.2) is 87.8 Å². The molecule has 0 aromatic rings. The molecular weight excluding hydrogens is 466 g/mol. The molecule has 4 amide bonds. The van der Waals surface area contributed by atoms with E-state index < -0.39 is 48.0 Å². The molecule has 2 heterocycles. The van der Waals surface area contributed by atoms with Gasteiger partial charge in [-0.2, -0.15) is 0 Å². The highest BCUT2D eigenvalue weighted by Crippen LogP contribution is 2.26. The number of rotatable bonds is 10. The molecule has 0 bridgehead atoms. The zero-order valence-electron chi connectivity index (χ0n) is 22.3. The van der Waals surface area contributed by atoms with Crippen LogP contribution in [0.1, 0.15) is 67.2 Å². The van der Waals surface area contributed by atoms with Crippen LogP contribution in [0, 0.1) is 17.8 Å². The molecule has 204 valence electrons. The molecule has 0 aliphatic carbocycles. The summed E-state index contributed by atoms with van der Waals surface area (Å²) in [5.74, 6) is -3.33. The summed E-state index contributed by atoms with van der Waals surface area (Å²) in [4.78, 5) is 67.0. The number of carbonyl (C=O) groups excluding carboxylic acids is 4. The minimum absolute atomic E-state index is 0.105. The van der Waals surface area contributed by atoms with Gasteiger partial charge in [-0.25, -0.2) is 4.79 Å². The molecule has 2 aliphatic heterocycles. The summed E-state index contributed by atoms with van der Waals surface area (Å²) >= 11 is 0. The quantitative estimate of drug-likeness (QED) is 0.329. The van der Waals surface area contributed by atoms with Crippen molar-refractivity contribution < 1.29 is 29.1 Å². The SMILES string of the molecule is CC(C)C(N)C(=O)NC(C(=O)NC(C(=O)N1CCCC1C(=O)N1CCCC1C(=O)O)C(C)C)C(C)C. The number of likely N-dealkylation sites (tertiary alicyclic amines) is 2. The molecule has 0 radical (unpaired) electrons. The summed E-state index contributed by atoms with van der Waals surface area (Å²) in [5.41, 5.74) is 5.94. The minimum Gasteiger partial charge on any atom is -0.480 e. The van der Waals surface area contributed by atoms with E-state index in [1.54, 1.807) is 27.7 Å². The van der Waals surface area contributed by atoms with Crippen molar-refractivity contribution in [3.63, 3.8) is 0 Å². The van der Waals surface area contributed by atoms with Gasteiger partial charge in [-0.3, -0.25) is 19.2 Å². The average molecular weight is 510 g/mol. The number of nitrogens with two attached hydrogens (primary N) is 1. The van der Waals surface area contributed by atoms with E-state index in [4.69, 9.17) is 5.73 Å². The zero-order chi connectivity index (χ0) is 27.3. The van der Waals surface area contributed by atoms with E-state index in [0.29, 0.717) is 38.8 Å². The molecule has 2 rings (SSSR count). The molecule has 0 aromatic heterocycles. The number of carboxylic acid groups (broad SMARTS) is 1. The van der Waals surface area contributed by atoms with E-state index in [2.05, 4.69) is 10.6 Å². The number of amides is 4. The van der Waals surface area contributed by atoms with Crippen molar-refractivity contribution in [2.24, 2.45) is 23.5 Å². The predicted molar refractivity (Wildman–Crippen MR) is 133 cm³/mol. The maximum Gasteiger partial charge on any atom is 0.326 e. The molecule has 5 unspecified atom stereocenters. The summed E-state index contributed by atoms with van der Waals surface area (Å²) in [7, 11) is 0. The van der Waals surface area contributed by atoms with Crippen LogP contribution in [0.4, 0.5) is 0 Å². The molecule has 2 saturated heterocycles. The van der Waals surface area contributed by atoms with Crippen molar-refractivity contribution in [3.8, 4) is 0 Å². The van der Waals surface area contributed by atoms with Crippen LogP contribution in [0.2, 0.25) is 0 Å². The Morgan fingerprint density at radius 2 is 1.25 bits per heavy atom. The molecule has 0 aromatic carbocycles. The molecule has 36 heavy (non-hydrogen) atoms. The number of carboxylic acids is 1. The summed E-state index contributed by atoms with van der Waals surface area (Å²) in [6.07, 6.45) is 2.07. The second-order valence-electron chi connectivity index (χ2n) is 10.9. The van der Waals surface area contributed by atoms with Crippen molar-refractivity contribution in [1.82, 2.24) is 20.4 Å². The average Bonchev–Trinajstić information content (AvgIpc) is 3.48. The van der Waals surface area contributed by atoms with Gasteiger partial charge in [0.2, 0.25) is 23.6 Å². The predicted octanol–water partition coefficient (Wildman–Crippen LogP) is 0.318. The Morgan fingerprint density at radius 1 is 0.750 bits per heavy atom. The van der Waals surface area contributed by atoms with Gasteiger partial charge in [0.05, 0.1) is 6.04 Å². The number of aliphatic carboxylic acids is 1. The number of nitrogens with one attached hydrogen (secondary N) is 2. The van der Waals surface area contributed by atoms with Crippen molar-refractivity contribution in [1.29, 1.82) is 0 Å². The largest absolute Gasteiger partial charge is 0.480 e. The third-order valence-electron chi connectivity index (χ3n) is 7.14. The number of hydrogen-bond acceptors (Lipinski definition) is 6. The number of nitrogens with zero attached hydrogens (tertiary/aromatic N) is 2. The fourth-order valence-corrected chi connectivity index (χ4v) is 4.79. The van der Waals surface area contributed by atoms with Crippen LogP contribution in [0.25, 0.3) is 0 Å². The fraction of sp³-hybridized carbons (Fsp3) is 0.800. The highest BCUT2D eigenvalue weighted by Gasteiger charge is 2.44. The Kier molecular flexibility index (Phi) is 10.3. The summed E-state index contributed by atoms with van der Waals surface area (Å²) in [6, 6.07) is -4.17. The van der Waals surface area contributed by atoms with Gasteiger partial charge in [0.15, 0.2) is 0 Å². The lowest BCUT2D eigenvalue weighted by molar-refractivity contribution is -0.152. The van der Waals surface area contributed by atoms with Crippen LogP contribution in [0.15, 0.2) is 0 Å². The molecule has 11 nitrogen and oxygen atoms in total. The summed E-state index contributed by atoms with van der Waals surface area (Å²) in [5, 5.41) is 15.0. The first-order valence-electron chi connectivity index (χ1n) is 13.0.